The van der Waals surface area contributed by atoms with Gasteiger partial charge in [0, 0.05) is 31.5 Å². The molecule has 1 aliphatic rings. The smallest absolute Gasteiger partial charge is 0.322 e. The average molecular weight is 404 g/mol. The van der Waals surface area contributed by atoms with Crippen LogP contribution in [-0.2, 0) is 25.7 Å². The van der Waals surface area contributed by atoms with Crippen LogP contribution in [0.25, 0.3) is 0 Å². The molecule has 154 valence electrons. The first kappa shape index (κ1) is 21.6. The maximum Gasteiger partial charge on any atom is 0.322 e. The van der Waals surface area contributed by atoms with Gasteiger partial charge in [-0.15, -0.1) is 0 Å². The number of hydrogen-bond acceptors (Lipinski definition) is 6. The van der Waals surface area contributed by atoms with E-state index < -0.39 is 41.6 Å². The largest absolute Gasteiger partial charge is 0.511 e. The molecule has 10 heteroatoms. The van der Waals surface area contributed by atoms with Crippen molar-refractivity contribution in [2.24, 2.45) is 0 Å². The van der Waals surface area contributed by atoms with Crippen LogP contribution in [0.4, 0.5) is 0 Å². The summed E-state index contributed by atoms with van der Waals surface area (Å²) in [6, 6.07) is 6.29. The van der Waals surface area contributed by atoms with Gasteiger partial charge < -0.3 is 25.5 Å². The van der Waals surface area contributed by atoms with E-state index in [9.17, 15) is 29.1 Å². The molecule has 2 rings (SSSR count). The molecule has 0 aromatic heterocycles. The first-order valence-corrected chi connectivity index (χ1v) is 8.74. The normalized spacial score (nSPS) is 13.9. The number of Topliss-reactive ketones (excluding diaryl/α,β-unsaturated/α-hetero) is 1. The molecule has 0 saturated carbocycles. The Kier molecular flexibility index (Phi) is 7.07. The molecule has 29 heavy (non-hydrogen) atoms. The molecular weight excluding hydrogens is 384 g/mol. The van der Waals surface area contributed by atoms with E-state index in [0.717, 1.165) is 0 Å². The number of benzene rings is 1. The van der Waals surface area contributed by atoms with Crippen LogP contribution < -0.4 is 5.32 Å². The number of rotatable bonds is 9. The second kappa shape index (κ2) is 9.49. The molecule has 1 aliphatic heterocycles. The molecule has 1 aromatic rings. The van der Waals surface area contributed by atoms with Crippen molar-refractivity contribution in [1.29, 1.82) is 0 Å². The lowest BCUT2D eigenvalue weighted by atomic mass is 10.0. The fourth-order valence-corrected chi connectivity index (χ4v) is 2.75. The Balaban J connectivity index is 2.04. The Labute approximate surface area is 165 Å². The summed E-state index contributed by atoms with van der Waals surface area (Å²) in [5.74, 6) is -4.72. The van der Waals surface area contributed by atoms with Crippen LogP contribution in [-0.4, -0.2) is 62.8 Å². The molecule has 0 fully saturated rings. The first-order valence-electron chi connectivity index (χ1n) is 8.74. The molecule has 0 unspecified atom stereocenters. The van der Waals surface area contributed by atoms with E-state index in [4.69, 9.17) is 10.2 Å². The lowest BCUT2D eigenvalue weighted by Crippen LogP contribution is -2.43. The van der Waals surface area contributed by atoms with Crippen LogP contribution in [0, 0.1) is 0 Å². The fourth-order valence-electron chi connectivity index (χ4n) is 2.75. The van der Waals surface area contributed by atoms with Crippen LogP contribution in [0.3, 0.4) is 0 Å². The highest BCUT2D eigenvalue weighted by Gasteiger charge is 2.32. The highest BCUT2D eigenvalue weighted by atomic mass is 16.4. The Hall–Kier alpha value is -3.69. The zero-order chi connectivity index (χ0) is 21.6. The van der Waals surface area contributed by atoms with Crippen molar-refractivity contribution in [3.05, 3.63) is 46.7 Å². The van der Waals surface area contributed by atoms with E-state index in [1.54, 1.807) is 12.1 Å². The highest BCUT2D eigenvalue weighted by molar-refractivity contribution is 6.19. The van der Waals surface area contributed by atoms with Gasteiger partial charge in [0.05, 0.1) is 6.42 Å². The second-order valence-corrected chi connectivity index (χ2v) is 6.39. The summed E-state index contributed by atoms with van der Waals surface area (Å²) in [6.45, 7) is -0.397. The summed E-state index contributed by atoms with van der Waals surface area (Å²) in [7, 11) is 0. The number of ketones is 1. The second-order valence-electron chi connectivity index (χ2n) is 6.39. The van der Waals surface area contributed by atoms with Crippen LogP contribution in [0.2, 0.25) is 0 Å². The number of amides is 2. The van der Waals surface area contributed by atoms with E-state index in [2.05, 4.69) is 5.32 Å². The number of hydrogen-bond donors (Lipinski definition) is 4. The topological polar surface area (TPSA) is 161 Å². The van der Waals surface area contributed by atoms with Gasteiger partial charge in [0.15, 0.2) is 5.78 Å². The van der Waals surface area contributed by atoms with Crippen molar-refractivity contribution in [2.75, 3.05) is 13.1 Å². The van der Waals surface area contributed by atoms with Crippen molar-refractivity contribution >= 4 is 29.5 Å². The number of aliphatic hydroxyl groups excluding tert-OH is 1. The molecule has 0 radical (unpaired) electrons. The van der Waals surface area contributed by atoms with Gasteiger partial charge in [0.1, 0.15) is 17.9 Å². The van der Waals surface area contributed by atoms with E-state index in [-0.39, 0.29) is 38.1 Å². The van der Waals surface area contributed by atoms with Crippen molar-refractivity contribution < 1.29 is 39.3 Å². The quantitative estimate of drug-likeness (QED) is 0.341. The number of carboxylic acid groups (broad SMARTS) is 2. The number of carbonyl (C=O) groups is 5. The molecule has 0 bridgehead atoms. The summed E-state index contributed by atoms with van der Waals surface area (Å²) in [5, 5.41) is 29.2. The van der Waals surface area contributed by atoms with Gasteiger partial charge in [-0.2, -0.15) is 0 Å². The SMILES string of the molecule is O=C(O)CCC(=O)c1ccc(CN2CCC(O)=C(C(=O)NCC(=O)O)C2=O)cc1. The summed E-state index contributed by atoms with van der Waals surface area (Å²) in [4.78, 5) is 58.9. The summed E-state index contributed by atoms with van der Waals surface area (Å²) >= 11 is 0. The van der Waals surface area contributed by atoms with Crippen molar-refractivity contribution in [3.63, 3.8) is 0 Å². The minimum Gasteiger partial charge on any atom is -0.511 e. The van der Waals surface area contributed by atoms with Gasteiger partial charge in [0.25, 0.3) is 11.8 Å². The van der Waals surface area contributed by atoms with Crippen LogP contribution in [0.1, 0.15) is 35.2 Å². The average Bonchev–Trinajstić information content (AvgIpc) is 2.67. The summed E-state index contributed by atoms with van der Waals surface area (Å²) in [5.41, 5.74) is 0.532. The molecule has 0 saturated heterocycles. The van der Waals surface area contributed by atoms with Gasteiger partial charge in [-0.3, -0.25) is 24.0 Å². The minimum absolute atomic E-state index is 0.0489. The monoisotopic (exact) mass is 404 g/mol. The van der Waals surface area contributed by atoms with Gasteiger partial charge in [0.2, 0.25) is 0 Å². The molecule has 1 heterocycles. The van der Waals surface area contributed by atoms with Crippen LogP contribution >= 0.6 is 0 Å². The lowest BCUT2D eigenvalue weighted by molar-refractivity contribution is -0.138. The van der Waals surface area contributed by atoms with Crippen molar-refractivity contribution in [2.45, 2.75) is 25.8 Å². The number of carboxylic acids is 2. The standard InChI is InChI=1S/C19H20N2O8/c22-13(5-6-15(24)25)12-3-1-11(2-4-12)10-21-8-7-14(23)17(19(21)29)18(28)20-9-16(26)27/h1-4,23H,5-10H2,(H,20,28)(H,24,25)(H,26,27). The number of aliphatic carboxylic acids is 2. The molecule has 2 amide bonds. The Morgan fingerprint density at radius 1 is 1.00 bits per heavy atom. The molecular formula is C19H20N2O8. The Morgan fingerprint density at radius 2 is 1.66 bits per heavy atom. The van der Waals surface area contributed by atoms with E-state index >= 15 is 0 Å². The maximum absolute atomic E-state index is 12.5. The van der Waals surface area contributed by atoms with Crippen molar-refractivity contribution in [1.82, 2.24) is 10.2 Å². The number of aliphatic hydroxyl groups is 1. The third-order valence-corrected chi connectivity index (χ3v) is 4.25. The Morgan fingerprint density at radius 3 is 2.24 bits per heavy atom. The van der Waals surface area contributed by atoms with E-state index in [0.29, 0.717) is 11.1 Å². The zero-order valence-corrected chi connectivity index (χ0v) is 15.4. The van der Waals surface area contributed by atoms with E-state index in [1.165, 1.54) is 17.0 Å². The third-order valence-electron chi connectivity index (χ3n) is 4.25. The van der Waals surface area contributed by atoms with Gasteiger partial charge in [-0.05, 0) is 5.56 Å². The Bertz CT molecular complexity index is 873. The summed E-state index contributed by atoms with van der Waals surface area (Å²) in [6.07, 6.45) is -0.323. The van der Waals surface area contributed by atoms with Gasteiger partial charge in [-0.1, -0.05) is 24.3 Å². The molecule has 0 spiro atoms. The van der Waals surface area contributed by atoms with Gasteiger partial charge >= 0.3 is 11.9 Å². The van der Waals surface area contributed by atoms with Crippen LogP contribution in [0.15, 0.2) is 35.6 Å². The van der Waals surface area contributed by atoms with E-state index in [1.807, 2.05) is 0 Å². The van der Waals surface area contributed by atoms with Crippen LogP contribution in [0.5, 0.6) is 0 Å². The molecule has 10 nitrogen and oxygen atoms in total. The lowest BCUT2D eigenvalue weighted by Gasteiger charge is -2.28. The maximum atomic E-state index is 12.5. The zero-order valence-electron chi connectivity index (χ0n) is 15.4. The molecule has 0 aliphatic carbocycles. The minimum atomic E-state index is -1.28. The van der Waals surface area contributed by atoms with Crippen molar-refractivity contribution in [3.8, 4) is 0 Å². The molecule has 0 atom stereocenters. The summed E-state index contributed by atoms with van der Waals surface area (Å²) < 4.78 is 0. The number of nitrogens with zero attached hydrogens (tertiary/aromatic N) is 1. The fraction of sp³-hybridized carbons (Fsp3) is 0.316. The molecule has 4 N–H and O–H groups in total. The highest BCUT2D eigenvalue weighted by Crippen LogP contribution is 2.20. The van der Waals surface area contributed by atoms with Gasteiger partial charge in [-0.25, -0.2) is 0 Å². The third kappa shape index (κ3) is 5.89. The predicted octanol–water partition coefficient (Wildman–Crippen LogP) is 0.479. The molecule has 1 aromatic carbocycles. The first-order chi connectivity index (χ1) is 13.7. The number of carbonyl (C=O) groups excluding carboxylic acids is 3. The number of nitrogens with one attached hydrogen (secondary N) is 1. The predicted molar refractivity (Wildman–Crippen MR) is 98.0 cm³/mol.